The van der Waals surface area contributed by atoms with Crippen LogP contribution in [0.25, 0.3) is 0 Å². The number of hydrogen-bond acceptors (Lipinski definition) is 4. The van der Waals surface area contributed by atoms with Crippen LogP contribution in [0.5, 0.6) is 0 Å². The average molecular weight is 198 g/mol. The Morgan fingerprint density at radius 3 is 2.64 bits per heavy atom. The van der Waals surface area contributed by atoms with Crippen LogP contribution >= 0.6 is 0 Å². The lowest BCUT2D eigenvalue weighted by atomic mass is 10.2. The maximum Gasteiger partial charge on any atom is 0.290 e. The molecule has 0 saturated carbocycles. The zero-order valence-corrected chi connectivity index (χ0v) is 7.55. The lowest BCUT2D eigenvalue weighted by Gasteiger charge is -2.15. The van der Waals surface area contributed by atoms with Crippen molar-refractivity contribution < 1.29 is 18.7 Å². The third-order valence-electron chi connectivity index (χ3n) is 1.79. The van der Waals surface area contributed by atoms with Gasteiger partial charge in [-0.25, -0.2) is 4.99 Å². The number of nitrogens with one attached hydrogen (secondary N) is 1. The number of nitrogens with zero attached hydrogens (tertiary/aromatic N) is 1. The molecule has 0 aromatic heterocycles. The van der Waals surface area contributed by atoms with Crippen molar-refractivity contribution in [3.05, 3.63) is 11.6 Å². The van der Waals surface area contributed by atoms with Gasteiger partial charge in [0.1, 0.15) is 0 Å². The first kappa shape index (κ1) is 8.86. The maximum absolute atomic E-state index is 13.2. The van der Waals surface area contributed by atoms with Gasteiger partial charge >= 0.3 is 0 Å². The first-order chi connectivity index (χ1) is 6.41. The van der Waals surface area contributed by atoms with Crippen molar-refractivity contribution in [3.8, 4) is 0 Å². The molecule has 14 heavy (non-hydrogen) atoms. The largest absolute Gasteiger partial charge is 0.461 e. The molecule has 74 valence electrons. The lowest BCUT2D eigenvalue weighted by molar-refractivity contribution is -0.126. The van der Waals surface area contributed by atoms with E-state index in [4.69, 9.17) is 4.74 Å². The molecule has 2 aliphatic heterocycles. The van der Waals surface area contributed by atoms with Crippen molar-refractivity contribution in [1.29, 1.82) is 0 Å². The molecule has 2 rings (SSSR count). The third kappa shape index (κ3) is 1.11. The van der Waals surface area contributed by atoms with E-state index in [1.165, 1.54) is 0 Å². The Morgan fingerprint density at radius 1 is 1.36 bits per heavy atom. The van der Waals surface area contributed by atoms with Gasteiger partial charge < -0.3 is 4.74 Å². The zero-order valence-electron chi connectivity index (χ0n) is 7.55. The molecular weight excluding hydrogens is 191 g/mol. The van der Waals surface area contributed by atoms with Gasteiger partial charge in [-0.1, -0.05) is 0 Å². The second kappa shape index (κ2) is 2.40. The molecule has 0 aliphatic carbocycles. The molecule has 1 N–H and O–H groups in total. The van der Waals surface area contributed by atoms with E-state index in [1.54, 1.807) is 13.8 Å². The summed E-state index contributed by atoms with van der Waals surface area (Å²) in [7, 11) is 0. The summed E-state index contributed by atoms with van der Waals surface area (Å²) in [4.78, 5) is 25.9. The number of ether oxygens (including phenoxy) is 1. The van der Waals surface area contributed by atoms with E-state index >= 15 is 0 Å². The van der Waals surface area contributed by atoms with E-state index in [1.807, 2.05) is 5.32 Å². The SMILES string of the molecule is CC1(C)N=C2C(=O)NC(=O)C(F)=C2O1. The van der Waals surface area contributed by atoms with Gasteiger partial charge in [0, 0.05) is 0 Å². The van der Waals surface area contributed by atoms with Crippen molar-refractivity contribution in [2.75, 3.05) is 0 Å². The van der Waals surface area contributed by atoms with Gasteiger partial charge in [0.2, 0.25) is 5.83 Å². The summed E-state index contributed by atoms with van der Waals surface area (Å²) in [5.74, 6) is -3.27. The highest BCUT2D eigenvalue weighted by Crippen LogP contribution is 2.30. The van der Waals surface area contributed by atoms with Gasteiger partial charge in [-0.05, 0) is 13.8 Å². The second-order valence-corrected chi connectivity index (χ2v) is 3.44. The van der Waals surface area contributed by atoms with Crippen LogP contribution < -0.4 is 5.32 Å². The van der Waals surface area contributed by atoms with Crippen molar-refractivity contribution >= 4 is 17.5 Å². The first-order valence-corrected chi connectivity index (χ1v) is 3.95. The van der Waals surface area contributed by atoms with Gasteiger partial charge in [0.15, 0.2) is 17.2 Å². The summed E-state index contributed by atoms with van der Waals surface area (Å²) in [6.07, 6.45) is 0. The molecule has 2 amide bonds. The summed E-state index contributed by atoms with van der Waals surface area (Å²) in [5, 5.41) is 1.82. The molecule has 0 radical (unpaired) electrons. The van der Waals surface area contributed by atoms with Crippen molar-refractivity contribution in [3.63, 3.8) is 0 Å². The van der Waals surface area contributed by atoms with Gasteiger partial charge in [-0.3, -0.25) is 14.9 Å². The van der Waals surface area contributed by atoms with E-state index in [9.17, 15) is 14.0 Å². The molecule has 2 heterocycles. The van der Waals surface area contributed by atoms with E-state index in [0.717, 1.165) is 0 Å². The van der Waals surface area contributed by atoms with Crippen LogP contribution in [0.2, 0.25) is 0 Å². The van der Waals surface area contributed by atoms with E-state index in [-0.39, 0.29) is 11.5 Å². The smallest absolute Gasteiger partial charge is 0.290 e. The molecular formula is C8H7FN2O3. The Morgan fingerprint density at radius 2 is 2.00 bits per heavy atom. The number of hydrogen-bond donors (Lipinski definition) is 1. The van der Waals surface area contributed by atoms with Gasteiger partial charge in [-0.15, -0.1) is 0 Å². The minimum atomic E-state index is -1.10. The lowest BCUT2D eigenvalue weighted by Crippen LogP contribution is -2.41. The van der Waals surface area contributed by atoms with Crippen LogP contribution in [0.3, 0.4) is 0 Å². The van der Waals surface area contributed by atoms with E-state index in [0.29, 0.717) is 0 Å². The average Bonchev–Trinajstić information content (AvgIpc) is 2.38. The summed E-state index contributed by atoms with van der Waals surface area (Å²) in [5.41, 5.74) is -1.16. The van der Waals surface area contributed by atoms with E-state index in [2.05, 4.69) is 4.99 Å². The Hall–Kier alpha value is -1.72. The fourth-order valence-electron chi connectivity index (χ4n) is 1.26. The predicted octanol–water partition coefficient (Wildman–Crippen LogP) is 0.0312. The summed E-state index contributed by atoms with van der Waals surface area (Å²) in [6, 6.07) is 0. The summed E-state index contributed by atoms with van der Waals surface area (Å²) < 4.78 is 18.2. The molecule has 0 unspecified atom stereocenters. The van der Waals surface area contributed by atoms with Crippen LogP contribution in [-0.2, 0) is 14.3 Å². The Labute approximate surface area is 78.6 Å². The number of rotatable bonds is 0. The van der Waals surface area contributed by atoms with Crippen LogP contribution in [0.1, 0.15) is 13.8 Å². The first-order valence-electron chi connectivity index (χ1n) is 3.95. The zero-order chi connectivity index (χ0) is 10.5. The molecule has 0 atom stereocenters. The van der Waals surface area contributed by atoms with Crippen molar-refractivity contribution in [2.45, 2.75) is 19.6 Å². The second-order valence-electron chi connectivity index (χ2n) is 3.44. The molecule has 0 fully saturated rings. The minimum absolute atomic E-state index is 0.160. The quantitative estimate of drug-likeness (QED) is 0.558. The highest BCUT2D eigenvalue weighted by Gasteiger charge is 2.42. The third-order valence-corrected chi connectivity index (χ3v) is 1.79. The summed E-state index contributed by atoms with van der Waals surface area (Å²) in [6.45, 7) is 3.13. The highest BCUT2D eigenvalue weighted by atomic mass is 19.1. The normalized spacial score (nSPS) is 24.1. The van der Waals surface area contributed by atoms with Crippen LogP contribution in [0.4, 0.5) is 4.39 Å². The van der Waals surface area contributed by atoms with Gasteiger partial charge in [-0.2, -0.15) is 4.39 Å². The number of carbonyl (C=O) groups excluding carboxylic acids is 2. The number of fused-ring (bicyclic) bond motifs is 1. The molecule has 0 aromatic rings. The monoisotopic (exact) mass is 198 g/mol. The fourth-order valence-corrected chi connectivity index (χ4v) is 1.26. The Balaban J connectivity index is 2.57. The molecule has 2 aliphatic rings. The highest BCUT2D eigenvalue weighted by molar-refractivity contribution is 6.50. The fraction of sp³-hybridized carbons (Fsp3) is 0.375. The maximum atomic E-state index is 13.2. The van der Waals surface area contributed by atoms with Crippen LogP contribution in [-0.4, -0.2) is 23.3 Å². The Bertz CT molecular complexity index is 409. The topological polar surface area (TPSA) is 67.8 Å². The molecule has 0 saturated heterocycles. The number of carbonyl (C=O) groups is 2. The molecule has 6 heteroatoms. The van der Waals surface area contributed by atoms with Crippen LogP contribution in [0, 0.1) is 0 Å². The standard InChI is InChI=1S/C8H7FN2O3/c1-8(2)11-4-5(14-8)3(9)6(12)10-7(4)13/h1-2H3,(H,10,12,13). The van der Waals surface area contributed by atoms with E-state index < -0.39 is 23.4 Å². The van der Waals surface area contributed by atoms with Crippen molar-refractivity contribution in [2.24, 2.45) is 4.99 Å². The number of amides is 2. The number of aliphatic imine (C=N–C) groups is 1. The Kier molecular flexibility index (Phi) is 1.52. The molecule has 5 nitrogen and oxygen atoms in total. The number of halogens is 1. The molecule has 0 spiro atoms. The molecule has 0 aromatic carbocycles. The minimum Gasteiger partial charge on any atom is -0.461 e. The van der Waals surface area contributed by atoms with Gasteiger partial charge in [0.25, 0.3) is 11.8 Å². The molecule has 0 bridgehead atoms. The predicted molar refractivity (Wildman–Crippen MR) is 43.9 cm³/mol. The number of imide groups is 1. The van der Waals surface area contributed by atoms with Crippen molar-refractivity contribution in [1.82, 2.24) is 5.32 Å². The summed E-state index contributed by atoms with van der Waals surface area (Å²) >= 11 is 0. The van der Waals surface area contributed by atoms with Gasteiger partial charge in [0.05, 0.1) is 0 Å². The van der Waals surface area contributed by atoms with Crippen LogP contribution in [0.15, 0.2) is 16.6 Å².